The molecule has 0 unspecified atom stereocenters. The third-order valence-corrected chi connectivity index (χ3v) is 4.39. The van der Waals surface area contributed by atoms with Gasteiger partial charge in [0.15, 0.2) is 0 Å². The average molecular weight is 313 g/mol. The first-order valence-electron chi connectivity index (χ1n) is 7.85. The Kier molecular flexibility index (Phi) is 4.37. The van der Waals surface area contributed by atoms with Crippen molar-refractivity contribution in [2.24, 2.45) is 0 Å². The molecule has 0 aliphatic carbocycles. The first-order chi connectivity index (χ1) is 11.0. The first kappa shape index (κ1) is 15.6. The van der Waals surface area contributed by atoms with Gasteiger partial charge in [-0.3, -0.25) is 0 Å². The molecule has 0 spiro atoms. The zero-order chi connectivity index (χ0) is 16.4. The molecular weight excluding hydrogens is 293 g/mol. The van der Waals surface area contributed by atoms with Gasteiger partial charge in [-0.2, -0.15) is 9.37 Å². The van der Waals surface area contributed by atoms with Gasteiger partial charge < -0.3 is 9.69 Å². The minimum atomic E-state index is -0.685. The van der Waals surface area contributed by atoms with E-state index in [9.17, 15) is 9.18 Å². The lowest BCUT2D eigenvalue weighted by Gasteiger charge is -2.40. The zero-order valence-electron chi connectivity index (χ0n) is 13.4. The number of carbonyl (C=O) groups is 1. The summed E-state index contributed by atoms with van der Waals surface area (Å²) < 4.78 is 13.0. The van der Waals surface area contributed by atoms with Crippen LogP contribution in [0.25, 0.3) is 0 Å². The second kappa shape index (κ2) is 6.44. The Hall–Kier alpha value is -2.30. The van der Waals surface area contributed by atoms with E-state index >= 15 is 0 Å². The van der Waals surface area contributed by atoms with E-state index in [1.54, 1.807) is 13.0 Å². The fraction of sp³-hybridized carbons (Fsp3) is 0.389. The molecule has 0 amide bonds. The van der Waals surface area contributed by atoms with Crippen LogP contribution in [0, 0.1) is 6.08 Å². The summed E-state index contributed by atoms with van der Waals surface area (Å²) in [4.78, 5) is 20.5. The lowest BCUT2D eigenvalue weighted by atomic mass is 9.88. The molecule has 23 heavy (non-hydrogen) atoms. The molecule has 1 aliphatic rings. The van der Waals surface area contributed by atoms with Crippen LogP contribution < -0.4 is 4.90 Å². The van der Waals surface area contributed by atoms with Crippen LogP contribution >= 0.6 is 0 Å². The lowest BCUT2D eigenvalue weighted by molar-refractivity contribution is -0.117. The van der Waals surface area contributed by atoms with Crippen molar-refractivity contribution in [3.8, 4) is 0 Å². The van der Waals surface area contributed by atoms with Crippen molar-refractivity contribution in [2.45, 2.75) is 32.1 Å². The maximum absolute atomic E-state index is 13.0. The van der Waals surface area contributed by atoms with Crippen LogP contribution in [0.1, 0.15) is 43.2 Å². The summed E-state index contributed by atoms with van der Waals surface area (Å²) in [6.07, 6.45) is 1.33. The Morgan fingerprint density at radius 2 is 2.00 bits per heavy atom. The van der Waals surface area contributed by atoms with E-state index in [-0.39, 0.29) is 11.7 Å². The summed E-state index contributed by atoms with van der Waals surface area (Å²) in [7, 11) is 0. The quantitative estimate of drug-likeness (QED) is 0.795. The van der Waals surface area contributed by atoms with Crippen molar-refractivity contribution in [1.29, 1.82) is 0 Å². The Balaban J connectivity index is 1.61. The van der Waals surface area contributed by atoms with Gasteiger partial charge >= 0.3 is 6.08 Å². The number of rotatable bonds is 5. The van der Waals surface area contributed by atoms with Crippen molar-refractivity contribution in [3.05, 3.63) is 53.7 Å². The Bertz CT molecular complexity index is 696. The molecule has 0 radical (unpaired) electrons. The lowest BCUT2D eigenvalue weighted by Crippen LogP contribution is -2.45. The minimum Gasteiger partial charge on any atom is -0.355 e. The highest BCUT2D eigenvalue weighted by molar-refractivity contribution is 5.76. The van der Waals surface area contributed by atoms with Gasteiger partial charge in [0, 0.05) is 31.6 Å². The van der Waals surface area contributed by atoms with Gasteiger partial charge in [0.25, 0.3) is 0 Å². The third-order valence-electron chi connectivity index (χ3n) is 4.39. The summed E-state index contributed by atoms with van der Waals surface area (Å²) >= 11 is 0. The Labute approximate surface area is 135 Å². The minimum absolute atomic E-state index is 0.216. The highest BCUT2D eigenvalue weighted by Gasteiger charge is 2.29. The number of hydrogen-bond donors (Lipinski definition) is 0. The fourth-order valence-corrected chi connectivity index (χ4v) is 3.02. The van der Waals surface area contributed by atoms with Crippen molar-refractivity contribution in [2.75, 3.05) is 18.0 Å². The number of anilines is 1. The van der Waals surface area contributed by atoms with Crippen LogP contribution in [-0.4, -0.2) is 28.8 Å². The average Bonchev–Trinajstić information content (AvgIpc) is 2.46. The summed E-state index contributed by atoms with van der Waals surface area (Å²) in [5.74, 6) is 1.54. The van der Waals surface area contributed by atoms with E-state index in [2.05, 4.69) is 41.2 Å². The smallest absolute Gasteiger partial charge is 0.310 e. The van der Waals surface area contributed by atoms with Crippen LogP contribution in [0.2, 0.25) is 0 Å². The molecule has 0 bridgehead atoms. The summed E-state index contributed by atoms with van der Waals surface area (Å²) in [5, 5.41) is 0. The standard InChI is InChI=1S/C18H20FN3O/c1-12(9-13(2)23)14-3-5-15(6-4-14)16-10-22(11-16)17-7-8-20-18(19)21-17/h3-8,12,16H,9-11H2,1-2H3/t12-/m1/s1. The van der Waals surface area contributed by atoms with Gasteiger partial charge in [0.05, 0.1) is 0 Å². The van der Waals surface area contributed by atoms with Gasteiger partial charge in [0.2, 0.25) is 0 Å². The van der Waals surface area contributed by atoms with E-state index in [1.165, 1.54) is 17.3 Å². The molecule has 4 nitrogen and oxygen atoms in total. The van der Waals surface area contributed by atoms with Gasteiger partial charge in [-0.05, 0) is 30.0 Å². The predicted molar refractivity (Wildman–Crippen MR) is 87.1 cm³/mol. The van der Waals surface area contributed by atoms with E-state index in [0.29, 0.717) is 18.2 Å². The molecule has 1 aromatic carbocycles. The van der Waals surface area contributed by atoms with Crippen LogP contribution in [0.3, 0.4) is 0 Å². The van der Waals surface area contributed by atoms with Crippen LogP contribution in [0.4, 0.5) is 10.2 Å². The number of carbonyl (C=O) groups excluding carboxylic acids is 1. The number of aromatic nitrogens is 2. The molecule has 2 aromatic rings. The maximum Gasteiger partial charge on any atom is 0.310 e. The molecule has 0 saturated carbocycles. The highest BCUT2D eigenvalue weighted by atomic mass is 19.1. The highest BCUT2D eigenvalue weighted by Crippen LogP contribution is 2.31. The van der Waals surface area contributed by atoms with Crippen molar-refractivity contribution >= 4 is 11.6 Å². The largest absolute Gasteiger partial charge is 0.355 e. The second-order valence-corrected chi connectivity index (χ2v) is 6.26. The molecule has 0 N–H and O–H groups in total. The Morgan fingerprint density at radius 1 is 1.30 bits per heavy atom. The number of halogens is 1. The summed E-state index contributed by atoms with van der Waals surface area (Å²) in [6, 6.07) is 10.2. The molecule has 3 rings (SSSR count). The zero-order valence-corrected chi connectivity index (χ0v) is 13.4. The number of Topliss-reactive ketones (excluding diaryl/α,β-unsaturated/α-hetero) is 1. The molecule has 1 atom stereocenters. The normalized spacial score (nSPS) is 16.0. The van der Waals surface area contributed by atoms with E-state index in [4.69, 9.17) is 0 Å². The van der Waals surface area contributed by atoms with Gasteiger partial charge in [-0.1, -0.05) is 31.2 Å². The molecular formula is C18H20FN3O. The molecule has 120 valence electrons. The molecule has 5 heteroatoms. The molecule has 1 aromatic heterocycles. The van der Waals surface area contributed by atoms with Gasteiger partial charge in [0.1, 0.15) is 11.6 Å². The molecule has 1 aliphatic heterocycles. The SMILES string of the molecule is CC(=O)C[C@@H](C)c1ccc(C2CN(c3ccnc(F)n3)C2)cc1. The van der Waals surface area contributed by atoms with Crippen LogP contribution in [0.15, 0.2) is 36.5 Å². The molecule has 2 heterocycles. The number of nitrogens with zero attached hydrogens (tertiary/aromatic N) is 3. The van der Waals surface area contributed by atoms with Gasteiger partial charge in [-0.25, -0.2) is 4.98 Å². The summed E-state index contributed by atoms with van der Waals surface area (Å²) in [6.45, 7) is 5.37. The number of benzene rings is 1. The number of ketones is 1. The number of hydrogen-bond acceptors (Lipinski definition) is 4. The van der Waals surface area contributed by atoms with E-state index in [1.807, 2.05) is 4.90 Å². The molecule has 1 saturated heterocycles. The van der Waals surface area contributed by atoms with Gasteiger partial charge in [-0.15, -0.1) is 0 Å². The third kappa shape index (κ3) is 3.55. The second-order valence-electron chi connectivity index (χ2n) is 6.26. The van der Waals surface area contributed by atoms with E-state index < -0.39 is 6.08 Å². The monoisotopic (exact) mass is 313 g/mol. The first-order valence-corrected chi connectivity index (χ1v) is 7.85. The van der Waals surface area contributed by atoms with E-state index in [0.717, 1.165) is 13.1 Å². The topological polar surface area (TPSA) is 46.1 Å². The van der Waals surface area contributed by atoms with Crippen molar-refractivity contribution in [1.82, 2.24) is 9.97 Å². The predicted octanol–water partition coefficient (Wildman–Crippen LogP) is 3.30. The van der Waals surface area contributed by atoms with Crippen molar-refractivity contribution in [3.63, 3.8) is 0 Å². The van der Waals surface area contributed by atoms with Crippen LogP contribution in [0.5, 0.6) is 0 Å². The Morgan fingerprint density at radius 3 is 2.61 bits per heavy atom. The molecule has 1 fully saturated rings. The van der Waals surface area contributed by atoms with Crippen LogP contribution in [-0.2, 0) is 4.79 Å². The van der Waals surface area contributed by atoms with Crippen molar-refractivity contribution < 1.29 is 9.18 Å². The fourth-order valence-electron chi connectivity index (χ4n) is 3.02. The maximum atomic E-state index is 13.0. The summed E-state index contributed by atoms with van der Waals surface area (Å²) in [5.41, 5.74) is 2.47.